The summed E-state index contributed by atoms with van der Waals surface area (Å²) < 4.78 is 2.62. The number of nitrogens with zero attached hydrogens (tertiary/aromatic N) is 1. The molecule has 1 heterocycles. The van der Waals surface area contributed by atoms with Crippen LogP contribution in [0.5, 0.6) is 0 Å². The summed E-state index contributed by atoms with van der Waals surface area (Å²) in [5.41, 5.74) is 13.0. The van der Waals surface area contributed by atoms with Gasteiger partial charge in [-0.3, -0.25) is 0 Å². The summed E-state index contributed by atoms with van der Waals surface area (Å²) in [5.74, 6) is 0. The average Bonchev–Trinajstić information content (AvgIpc) is 3.72. The maximum Gasteiger partial charge on any atom is 0.0720 e. The highest BCUT2D eigenvalue weighted by atomic mass is 32.1. The molecule has 9 aromatic rings. The third kappa shape index (κ3) is 4.61. The van der Waals surface area contributed by atoms with Gasteiger partial charge in [-0.2, -0.15) is 0 Å². The van der Waals surface area contributed by atoms with Crippen LogP contribution in [-0.2, 0) is 5.41 Å². The van der Waals surface area contributed by atoms with Gasteiger partial charge in [-0.25, -0.2) is 0 Å². The van der Waals surface area contributed by atoms with E-state index in [9.17, 15) is 0 Å². The predicted molar refractivity (Wildman–Crippen MR) is 217 cm³/mol. The molecule has 1 aliphatic rings. The summed E-state index contributed by atoms with van der Waals surface area (Å²) in [5, 5.41) is 2.59. The normalized spacial score (nSPS) is 14.7. The van der Waals surface area contributed by atoms with Crippen LogP contribution in [0, 0.1) is 0 Å². The monoisotopic (exact) mass is 667 g/mol. The van der Waals surface area contributed by atoms with E-state index in [1.807, 2.05) is 11.3 Å². The summed E-state index contributed by atoms with van der Waals surface area (Å²) >= 11 is 1.86. The summed E-state index contributed by atoms with van der Waals surface area (Å²) in [6.45, 7) is 0. The lowest BCUT2D eigenvalue weighted by molar-refractivity contribution is 0.770. The highest BCUT2D eigenvalue weighted by Crippen LogP contribution is 2.58. The number of para-hydroxylation sites is 1. The molecule has 1 aromatic heterocycles. The van der Waals surface area contributed by atoms with Gasteiger partial charge in [0.1, 0.15) is 0 Å². The molecule has 1 unspecified atom stereocenters. The van der Waals surface area contributed by atoms with Gasteiger partial charge < -0.3 is 4.90 Å². The van der Waals surface area contributed by atoms with Crippen LogP contribution in [0.1, 0.15) is 22.3 Å². The summed E-state index contributed by atoms with van der Waals surface area (Å²) in [4.78, 5) is 2.42. The first kappa shape index (κ1) is 29.7. The first-order chi connectivity index (χ1) is 25.3. The lowest BCUT2D eigenvalue weighted by Crippen LogP contribution is -2.29. The molecular weight excluding hydrogens is 635 g/mol. The summed E-state index contributed by atoms with van der Waals surface area (Å²) in [7, 11) is 0. The maximum atomic E-state index is 2.47. The zero-order valence-corrected chi connectivity index (χ0v) is 28.7. The summed E-state index contributed by atoms with van der Waals surface area (Å²) in [6, 6.07) is 73.6. The van der Waals surface area contributed by atoms with Crippen LogP contribution in [-0.4, -0.2) is 0 Å². The lowest BCUT2D eigenvalue weighted by atomic mass is 9.66. The van der Waals surface area contributed by atoms with Gasteiger partial charge in [-0.15, -0.1) is 11.3 Å². The van der Waals surface area contributed by atoms with Gasteiger partial charge in [0.2, 0.25) is 0 Å². The number of hydrogen-bond acceptors (Lipinski definition) is 2. The Morgan fingerprint density at radius 3 is 1.69 bits per heavy atom. The molecule has 1 aliphatic carbocycles. The molecule has 1 atom stereocenters. The minimum atomic E-state index is -0.550. The molecule has 51 heavy (non-hydrogen) atoms. The smallest absolute Gasteiger partial charge is 0.0720 e. The Labute approximate surface area is 302 Å². The molecule has 0 bridgehead atoms. The minimum Gasteiger partial charge on any atom is -0.310 e. The van der Waals surface area contributed by atoms with E-state index in [1.54, 1.807) is 0 Å². The van der Waals surface area contributed by atoms with Crippen LogP contribution in [0.25, 0.3) is 42.4 Å². The Balaban J connectivity index is 1.27. The quantitative estimate of drug-likeness (QED) is 0.171. The van der Waals surface area contributed by atoms with E-state index in [1.165, 1.54) is 64.7 Å². The third-order valence-corrected chi connectivity index (χ3v) is 11.7. The van der Waals surface area contributed by atoms with E-state index >= 15 is 0 Å². The van der Waals surface area contributed by atoms with Crippen molar-refractivity contribution < 1.29 is 0 Å². The number of hydrogen-bond donors (Lipinski definition) is 0. The molecule has 0 spiro atoms. The molecule has 0 fully saturated rings. The summed E-state index contributed by atoms with van der Waals surface area (Å²) in [6.07, 6.45) is 0. The van der Waals surface area contributed by atoms with Crippen molar-refractivity contribution in [1.29, 1.82) is 0 Å². The molecule has 0 N–H and O–H groups in total. The Morgan fingerprint density at radius 2 is 0.902 bits per heavy atom. The topological polar surface area (TPSA) is 3.24 Å². The van der Waals surface area contributed by atoms with Crippen molar-refractivity contribution in [2.45, 2.75) is 5.41 Å². The molecule has 0 saturated carbocycles. The van der Waals surface area contributed by atoms with Crippen LogP contribution in [0.3, 0.4) is 0 Å². The molecule has 0 aliphatic heterocycles. The van der Waals surface area contributed by atoms with Gasteiger partial charge in [0.05, 0.1) is 5.41 Å². The Morgan fingerprint density at radius 1 is 0.353 bits per heavy atom. The molecule has 0 amide bonds. The number of benzene rings is 8. The van der Waals surface area contributed by atoms with Gasteiger partial charge in [-0.1, -0.05) is 152 Å². The molecule has 0 saturated heterocycles. The average molecular weight is 668 g/mol. The standard InChI is InChI=1S/C49H33NS/c1-4-16-34(17-5-1)39-22-10-13-25-44(39)49(35-18-6-2-7-19-35)45-26-14-11-23-40(45)41-30-28-38(33-46(41)49)50(36-20-8-3-9-21-36)37-29-31-48-43(32-37)42-24-12-15-27-47(42)51-48/h1-33H. The van der Waals surface area contributed by atoms with Crippen LogP contribution in [0.2, 0.25) is 0 Å². The van der Waals surface area contributed by atoms with Crippen molar-refractivity contribution in [1.82, 2.24) is 0 Å². The molecule has 8 aromatic carbocycles. The van der Waals surface area contributed by atoms with Crippen molar-refractivity contribution in [3.8, 4) is 22.3 Å². The predicted octanol–water partition coefficient (Wildman–Crippen LogP) is 13.6. The van der Waals surface area contributed by atoms with E-state index in [0.717, 1.165) is 17.1 Å². The van der Waals surface area contributed by atoms with Gasteiger partial charge in [0.25, 0.3) is 0 Å². The molecule has 10 rings (SSSR count). The van der Waals surface area contributed by atoms with Crippen molar-refractivity contribution in [2.24, 2.45) is 0 Å². The van der Waals surface area contributed by atoms with Crippen LogP contribution in [0.15, 0.2) is 200 Å². The molecule has 0 radical (unpaired) electrons. The molecule has 1 nitrogen and oxygen atoms in total. The van der Waals surface area contributed by atoms with E-state index in [4.69, 9.17) is 0 Å². The highest BCUT2D eigenvalue weighted by Gasteiger charge is 2.47. The second kappa shape index (κ2) is 12.0. The van der Waals surface area contributed by atoms with Crippen molar-refractivity contribution in [3.63, 3.8) is 0 Å². The van der Waals surface area contributed by atoms with Crippen molar-refractivity contribution >= 4 is 48.6 Å². The van der Waals surface area contributed by atoms with Crippen LogP contribution < -0.4 is 4.90 Å². The van der Waals surface area contributed by atoms with Crippen molar-refractivity contribution in [2.75, 3.05) is 4.90 Å². The molecule has 2 heteroatoms. The Bertz CT molecular complexity index is 2690. The van der Waals surface area contributed by atoms with E-state index < -0.39 is 5.41 Å². The SMILES string of the molecule is c1ccc(-c2ccccc2C2(c3ccccc3)c3ccccc3-c3ccc(N(c4ccccc4)c4ccc5sc6ccccc6c5c4)cc32)cc1. The van der Waals surface area contributed by atoms with Gasteiger partial charge in [0.15, 0.2) is 0 Å². The Kier molecular flexibility index (Phi) is 6.97. The third-order valence-electron chi connectivity index (χ3n) is 10.5. The first-order valence-electron chi connectivity index (χ1n) is 17.5. The lowest BCUT2D eigenvalue weighted by Gasteiger charge is -2.36. The minimum absolute atomic E-state index is 0.550. The first-order valence-corrected chi connectivity index (χ1v) is 18.3. The zero-order valence-electron chi connectivity index (χ0n) is 27.9. The van der Waals surface area contributed by atoms with E-state index in [-0.39, 0.29) is 0 Å². The fourth-order valence-corrected chi connectivity index (χ4v) is 9.49. The fourth-order valence-electron chi connectivity index (χ4n) is 8.41. The van der Waals surface area contributed by atoms with Crippen molar-refractivity contribution in [3.05, 3.63) is 222 Å². The van der Waals surface area contributed by atoms with Crippen LogP contribution >= 0.6 is 11.3 Å². The maximum absolute atomic E-state index is 2.47. The number of rotatable bonds is 6. The van der Waals surface area contributed by atoms with Gasteiger partial charge in [-0.05, 0) is 93.0 Å². The number of fused-ring (bicyclic) bond motifs is 6. The number of thiophene rings is 1. The largest absolute Gasteiger partial charge is 0.310 e. The van der Waals surface area contributed by atoms with E-state index in [2.05, 4.69) is 205 Å². The van der Waals surface area contributed by atoms with Crippen LogP contribution in [0.4, 0.5) is 17.1 Å². The Hall–Kier alpha value is -6.22. The molecular formula is C49H33NS. The van der Waals surface area contributed by atoms with Gasteiger partial charge in [0, 0.05) is 37.2 Å². The zero-order chi connectivity index (χ0) is 33.8. The van der Waals surface area contributed by atoms with E-state index in [0.29, 0.717) is 0 Å². The van der Waals surface area contributed by atoms with Gasteiger partial charge >= 0.3 is 0 Å². The highest BCUT2D eigenvalue weighted by molar-refractivity contribution is 7.25. The second-order valence-electron chi connectivity index (χ2n) is 13.3. The molecule has 240 valence electrons. The number of anilines is 3. The second-order valence-corrected chi connectivity index (χ2v) is 14.3. The fraction of sp³-hybridized carbons (Fsp3) is 0.0204.